The largest absolute Gasteiger partial charge is 0.310 e. The van der Waals surface area contributed by atoms with Crippen molar-refractivity contribution in [2.75, 3.05) is 6.54 Å². The van der Waals surface area contributed by atoms with Crippen LogP contribution in [0.15, 0.2) is 42.5 Å². The Balaban J connectivity index is 2.01. The van der Waals surface area contributed by atoms with Crippen LogP contribution in [0.2, 0.25) is 0 Å². The highest BCUT2D eigenvalue weighted by Crippen LogP contribution is 2.30. The highest BCUT2D eigenvalue weighted by molar-refractivity contribution is 5.69. The minimum Gasteiger partial charge on any atom is -0.310 e. The van der Waals surface area contributed by atoms with Crippen molar-refractivity contribution in [3.8, 4) is 11.1 Å². The first kappa shape index (κ1) is 12.4. The molecule has 0 spiro atoms. The number of hydrogen-bond donors (Lipinski definition) is 1. The highest BCUT2D eigenvalue weighted by Gasteiger charge is 2.16. The fraction of sp³-hybridized carbons (Fsp3) is 0.333. The van der Waals surface area contributed by atoms with E-state index in [9.17, 15) is 0 Å². The third-order valence-electron chi connectivity index (χ3n) is 4.26. The van der Waals surface area contributed by atoms with Gasteiger partial charge < -0.3 is 5.32 Å². The molecule has 1 aliphatic rings. The molecule has 19 heavy (non-hydrogen) atoms. The minimum absolute atomic E-state index is 0.546. The van der Waals surface area contributed by atoms with Crippen molar-refractivity contribution in [1.82, 2.24) is 5.32 Å². The van der Waals surface area contributed by atoms with E-state index in [4.69, 9.17) is 0 Å². The quantitative estimate of drug-likeness (QED) is 0.834. The fourth-order valence-corrected chi connectivity index (χ4v) is 2.96. The van der Waals surface area contributed by atoms with Crippen molar-refractivity contribution in [2.24, 2.45) is 0 Å². The molecule has 0 aromatic heterocycles. The lowest BCUT2D eigenvalue weighted by molar-refractivity contribution is 0.648. The van der Waals surface area contributed by atoms with Gasteiger partial charge in [-0.2, -0.15) is 0 Å². The van der Waals surface area contributed by atoms with Crippen molar-refractivity contribution in [3.05, 3.63) is 59.2 Å². The molecule has 0 amide bonds. The first-order chi connectivity index (χ1) is 9.25. The summed E-state index contributed by atoms with van der Waals surface area (Å²) < 4.78 is 0. The summed E-state index contributed by atoms with van der Waals surface area (Å²) in [6.45, 7) is 5.55. The Morgan fingerprint density at radius 1 is 1.05 bits per heavy atom. The Labute approximate surface area is 115 Å². The van der Waals surface area contributed by atoms with Gasteiger partial charge in [0, 0.05) is 6.04 Å². The molecule has 2 aromatic carbocycles. The Hall–Kier alpha value is -1.60. The predicted molar refractivity (Wildman–Crippen MR) is 81.3 cm³/mol. The van der Waals surface area contributed by atoms with Gasteiger partial charge in [0.05, 0.1) is 0 Å². The molecule has 0 radical (unpaired) electrons. The summed E-state index contributed by atoms with van der Waals surface area (Å²) in [6.07, 6.45) is 2.55. The lowest BCUT2D eigenvalue weighted by atomic mass is 9.94. The maximum Gasteiger partial charge on any atom is 0.0320 e. The van der Waals surface area contributed by atoms with Gasteiger partial charge in [0.2, 0.25) is 0 Å². The number of aryl methyl sites for hydroxylation is 1. The Morgan fingerprint density at radius 3 is 2.68 bits per heavy atom. The summed E-state index contributed by atoms with van der Waals surface area (Å²) in [5, 5.41) is 3.58. The van der Waals surface area contributed by atoms with Crippen LogP contribution in [0.25, 0.3) is 11.1 Å². The van der Waals surface area contributed by atoms with Gasteiger partial charge in [0.1, 0.15) is 0 Å². The second kappa shape index (κ2) is 5.18. The standard InChI is InChI=1S/C18H21N/c1-13-6-3-9-17(14(13)2)15-7-4-8-16(12-15)18-10-5-11-19-18/h3-4,6-9,12,18-19H,5,10-11H2,1-2H3/t18-/m1/s1. The van der Waals surface area contributed by atoms with Crippen LogP contribution in [-0.2, 0) is 0 Å². The highest BCUT2D eigenvalue weighted by atomic mass is 14.9. The molecule has 0 saturated carbocycles. The topological polar surface area (TPSA) is 12.0 Å². The van der Waals surface area contributed by atoms with Crippen molar-refractivity contribution < 1.29 is 0 Å². The van der Waals surface area contributed by atoms with Crippen LogP contribution in [0, 0.1) is 13.8 Å². The van der Waals surface area contributed by atoms with E-state index in [1.165, 1.54) is 40.7 Å². The van der Waals surface area contributed by atoms with Gasteiger partial charge in [-0.3, -0.25) is 0 Å². The normalized spacial score (nSPS) is 18.7. The average molecular weight is 251 g/mol. The lowest BCUT2D eigenvalue weighted by Crippen LogP contribution is -2.12. The van der Waals surface area contributed by atoms with E-state index >= 15 is 0 Å². The van der Waals surface area contributed by atoms with Crippen LogP contribution < -0.4 is 5.32 Å². The van der Waals surface area contributed by atoms with E-state index in [1.807, 2.05) is 0 Å². The molecule has 1 fully saturated rings. The summed E-state index contributed by atoms with van der Waals surface area (Å²) in [5.74, 6) is 0. The van der Waals surface area contributed by atoms with E-state index < -0.39 is 0 Å². The molecule has 1 N–H and O–H groups in total. The van der Waals surface area contributed by atoms with Crippen molar-refractivity contribution in [1.29, 1.82) is 0 Å². The van der Waals surface area contributed by atoms with Crippen molar-refractivity contribution >= 4 is 0 Å². The number of benzene rings is 2. The molecule has 2 aromatic rings. The SMILES string of the molecule is Cc1cccc(-c2cccc([C@H]3CCCN3)c2)c1C. The minimum atomic E-state index is 0.546. The smallest absolute Gasteiger partial charge is 0.0320 e. The Bertz CT molecular complexity index is 580. The Morgan fingerprint density at radius 2 is 1.89 bits per heavy atom. The van der Waals surface area contributed by atoms with Crippen LogP contribution >= 0.6 is 0 Å². The zero-order valence-corrected chi connectivity index (χ0v) is 11.7. The molecule has 0 bridgehead atoms. The molecule has 0 unspecified atom stereocenters. The summed E-state index contributed by atoms with van der Waals surface area (Å²) in [7, 11) is 0. The molecule has 0 aliphatic carbocycles. The van der Waals surface area contributed by atoms with E-state index in [2.05, 4.69) is 61.6 Å². The van der Waals surface area contributed by atoms with Crippen molar-refractivity contribution in [2.45, 2.75) is 32.7 Å². The molecule has 1 heteroatoms. The summed E-state index contributed by atoms with van der Waals surface area (Å²) in [6, 6.07) is 16.1. The molecule has 1 atom stereocenters. The van der Waals surface area contributed by atoms with Gasteiger partial charge in [-0.15, -0.1) is 0 Å². The van der Waals surface area contributed by atoms with Gasteiger partial charge in [-0.25, -0.2) is 0 Å². The van der Waals surface area contributed by atoms with Gasteiger partial charge in [-0.05, 0) is 67.1 Å². The molecule has 98 valence electrons. The third-order valence-corrected chi connectivity index (χ3v) is 4.26. The van der Waals surface area contributed by atoms with Gasteiger partial charge in [-0.1, -0.05) is 36.4 Å². The van der Waals surface area contributed by atoms with Crippen LogP contribution in [0.3, 0.4) is 0 Å². The molecule has 1 heterocycles. The molecular formula is C18H21N. The molecule has 3 rings (SSSR count). The molecule has 1 nitrogen and oxygen atoms in total. The first-order valence-electron chi connectivity index (χ1n) is 7.15. The maximum absolute atomic E-state index is 3.58. The number of rotatable bonds is 2. The monoisotopic (exact) mass is 251 g/mol. The van der Waals surface area contributed by atoms with Crippen LogP contribution in [0.5, 0.6) is 0 Å². The van der Waals surface area contributed by atoms with Crippen LogP contribution in [0.4, 0.5) is 0 Å². The third kappa shape index (κ3) is 2.43. The zero-order valence-electron chi connectivity index (χ0n) is 11.7. The van der Waals surface area contributed by atoms with Crippen LogP contribution in [0.1, 0.15) is 35.6 Å². The van der Waals surface area contributed by atoms with Gasteiger partial charge in [0.25, 0.3) is 0 Å². The maximum atomic E-state index is 3.58. The zero-order chi connectivity index (χ0) is 13.2. The number of hydrogen-bond acceptors (Lipinski definition) is 1. The van der Waals surface area contributed by atoms with Gasteiger partial charge >= 0.3 is 0 Å². The first-order valence-corrected chi connectivity index (χ1v) is 7.15. The van der Waals surface area contributed by atoms with E-state index in [0.717, 1.165) is 6.54 Å². The number of nitrogens with one attached hydrogen (secondary N) is 1. The predicted octanol–water partition coefficient (Wildman–Crippen LogP) is 4.39. The fourth-order valence-electron chi connectivity index (χ4n) is 2.96. The molecular weight excluding hydrogens is 230 g/mol. The second-order valence-electron chi connectivity index (χ2n) is 5.52. The van der Waals surface area contributed by atoms with Crippen molar-refractivity contribution in [3.63, 3.8) is 0 Å². The summed E-state index contributed by atoms with van der Waals surface area (Å²) in [4.78, 5) is 0. The second-order valence-corrected chi connectivity index (χ2v) is 5.52. The molecule has 1 aliphatic heterocycles. The van der Waals surface area contributed by atoms with Crippen LogP contribution in [-0.4, -0.2) is 6.54 Å². The van der Waals surface area contributed by atoms with Gasteiger partial charge in [0.15, 0.2) is 0 Å². The van der Waals surface area contributed by atoms with E-state index in [0.29, 0.717) is 6.04 Å². The molecule has 1 saturated heterocycles. The lowest BCUT2D eigenvalue weighted by Gasteiger charge is -2.14. The summed E-state index contributed by atoms with van der Waals surface area (Å²) >= 11 is 0. The average Bonchev–Trinajstić information content (AvgIpc) is 2.96. The summed E-state index contributed by atoms with van der Waals surface area (Å²) in [5.41, 5.74) is 6.88. The Kier molecular flexibility index (Phi) is 3.39. The van der Waals surface area contributed by atoms with E-state index in [1.54, 1.807) is 0 Å². The van der Waals surface area contributed by atoms with E-state index in [-0.39, 0.29) is 0 Å².